The van der Waals surface area contributed by atoms with Crippen molar-refractivity contribution in [1.29, 1.82) is 0 Å². The second kappa shape index (κ2) is 10.7. The molecule has 0 aliphatic carbocycles. The van der Waals surface area contributed by atoms with E-state index in [1.54, 1.807) is 7.11 Å². The van der Waals surface area contributed by atoms with Gasteiger partial charge in [0.05, 0.1) is 20.3 Å². The van der Waals surface area contributed by atoms with Crippen LogP contribution < -0.4 is 10.1 Å². The molecule has 1 N–H and O–H groups in total. The minimum atomic E-state index is 0.552. The lowest BCUT2D eigenvalue weighted by Gasteiger charge is -2.22. The van der Waals surface area contributed by atoms with Gasteiger partial charge < -0.3 is 19.7 Å². The zero-order valence-electron chi connectivity index (χ0n) is 16.9. The van der Waals surface area contributed by atoms with Gasteiger partial charge in [0.1, 0.15) is 5.75 Å². The summed E-state index contributed by atoms with van der Waals surface area (Å²) < 4.78 is 11.4. The Morgan fingerprint density at radius 2 is 1.93 bits per heavy atom. The molecule has 5 heteroatoms. The number of guanidine groups is 1. The summed E-state index contributed by atoms with van der Waals surface area (Å²) in [5, 5.41) is 3.49. The van der Waals surface area contributed by atoms with Crippen molar-refractivity contribution in [2.75, 3.05) is 40.4 Å². The van der Waals surface area contributed by atoms with E-state index in [0.29, 0.717) is 12.5 Å². The number of nitrogens with one attached hydrogen (secondary N) is 1. The Morgan fingerprint density at radius 1 is 1.14 bits per heavy atom. The minimum absolute atomic E-state index is 0.552. The van der Waals surface area contributed by atoms with Crippen molar-refractivity contribution in [3.63, 3.8) is 0 Å². The first-order valence-corrected chi connectivity index (χ1v) is 9.99. The van der Waals surface area contributed by atoms with Crippen LogP contribution in [0, 0.1) is 5.92 Å². The molecule has 1 unspecified atom stereocenters. The highest BCUT2D eigenvalue weighted by molar-refractivity contribution is 5.80. The van der Waals surface area contributed by atoms with Crippen LogP contribution in [0.1, 0.15) is 17.5 Å². The first-order chi connectivity index (χ1) is 13.8. The lowest BCUT2D eigenvalue weighted by Crippen LogP contribution is -2.41. The van der Waals surface area contributed by atoms with Gasteiger partial charge in [-0.05, 0) is 30.0 Å². The summed E-state index contributed by atoms with van der Waals surface area (Å²) in [4.78, 5) is 6.80. The van der Waals surface area contributed by atoms with Crippen molar-refractivity contribution in [2.45, 2.75) is 19.4 Å². The summed E-state index contributed by atoms with van der Waals surface area (Å²) in [6.45, 7) is 4.32. The third kappa shape index (κ3) is 5.73. The Morgan fingerprint density at radius 3 is 2.71 bits per heavy atom. The molecule has 0 bridgehead atoms. The largest absolute Gasteiger partial charge is 0.496 e. The monoisotopic (exact) mass is 381 g/mol. The normalized spacial score (nSPS) is 17.0. The van der Waals surface area contributed by atoms with Gasteiger partial charge in [0.2, 0.25) is 0 Å². The van der Waals surface area contributed by atoms with Crippen LogP contribution in [0.4, 0.5) is 0 Å². The molecular formula is C23H31N3O2. The molecule has 1 heterocycles. The number of likely N-dealkylation sites (tertiary alicyclic amines) is 1. The van der Waals surface area contributed by atoms with Crippen molar-refractivity contribution < 1.29 is 9.47 Å². The summed E-state index contributed by atoms with van der Waals surface area (Å²) in [7, 11) is 3.57. The van der Waals surface area contributed by atoms with Gasteiger partial charge in [0.15, 0.2) is 5.96 Å². The number of methoxy groups -OCH3 is 1. The van der Waals surface area contributed by atoms with Crippen LogP contribution in [-0.4, -0.2) is 51.3 Å². The molecule has 0 amide bonds. The molecule has 0 saturated carbocycles. The highest BCUT2D eigenvalue weighted by Crippen LogP contribution is 2.19. The van der Waals surface area contributed by atoms with Crippen molar-refractivity contribution in [2.24, 2.45) is 10.9 Å². The molecule has 0 radical (unpaired) electrons. The molecule has 1 atom stereocenters. The summed E-state index contributed by atoms with van der Waals surface area (Å²) in [6, 6.07) is 18.5. The Hall–Kier alpha value is -2.53. The number of para-hydroxylation sites is 1. The maximum Gasteiger partial charge on any atom is 0.193 e. The van der Waals surface area contributed by atoms with Crippen molar-refractivity contribution in [3.8, 4) is 5.75 Å². The fraction of sp³-hybridized carbons (Fsp3) is 0.435. The number of ether oxygens (including phenoxy) is 2. The van der Waals surface area contributed by atoms with Crippen LogP contribution in [-0.2, 0) is 17.8 Å². The van der Waals surface area contributed by atoms with E-state index in [1.807, 2.05) is 31.3 Å². The molecule has 0 aromatic heterocycles. The van der Waals surface area contributed by atoms with Crippen molar-refractivity contribution >= 4 is 5.96 Å². The summed E-state index contributed by atoms with van der Waals surface area (Å²) in [6.07, 6.45) is 2.04. The Kier molecular flexibility index (Phi) is 7.73. The number of benzene rings is 2. The standard InChI is InChI=1S/C23H31N3O2/c1-24-23(25-14-12-21-10-6-7-11-22(21)27-2)26-15-13-20(16-26)18-28-17-19-8-4-3-5-9-19/h3-11,20H,12-18H2,1-2H3,(H,24,25). The third-order valence-electron chi connectivity index (χ3n) is 5.13. The Bertz CT molecular complexity index is 749. The smallest absolute Gasteiger partial charge is 0.193 e. The van der Waals surface area contributed by atoms with Crippen LogP contribution in [0.2, 0.25) is 0 Å². The molecule has 150 valence electrons. The van der Waals surface area contributed by atoms with Crippen LogP contribution in [0.25, 0.3) is 0 Å². The van der Waals surface area contributed by atoms with E-state index in [9.17, 15) is 0 Å². The first kappa shape index (κ1) is 20.2. The van der Waals surface area contributed by atoms with Gasteiger partial charge in [0, 0.05) is 32.6 Å². The molecule has 1 aliphatic heterocycles. The van der Waals surface area contributed by atoms with E-state index in [2.05, 4.69) is 45.5 Å². The molecular weight excluding hydrogens is 350 g/mol. The SMILES string of the molecule is CN=C(NCCc1ccccc1OC)N1CCC(COCc2ccccc2)C1. The van der Waals surface area contributed by atoms with Gasteiger partial charge in [-0.15, -0.1) is 0 Å². The Balaban J connectivity index is 1.40. The van der Waals surface area contributed by atoms with E-state index in [1.165, 1.54) is 11.1 Å². The second-order valence-electron chi connectivity index (χ2n) is 7.14. The quantitative estimate of drug-likeness (QED) is 0.563. The van der Waals surface area contributed by atoms with Gasteiger partial charge >= 0.3 is 0 Å². The molecule has 0 spiro atoms. The highest BCUT2D eigenvalue weighted by Gasteiger charge is 2.24. The molecule has 5 nitrogen and oxygen atoms in total. The summed E-state index contributed by atoms with van der Waals surface area (Å²) >= 11 is 0. The number of hydrogen-bond acceptors (Lipinski definition) is 3. The van der Waals surface area contributed by atoms with E-state index in [0.717, 1.165) is 50.8 Å². The summed E-state index contributed by atoms with van der Waals surface area (Å²) in [5.74, 6) is 2.47. The maximum atomic E-state index is 5.93. The molecule has 3 rings (SSSR count). The average Bonchev–Trinajstić information content (AvgIpc) is 3.21. The molecule has 28 heavy (non-hydrogen) atoms. The van der Waals surface area contributed by atoms with Crippen LogP contribution in [0.5, 0.6) is 5.75 Å². The number of nitrogens with zero attached hydrogens (tertiary/aromatic N) is 2. The van der Waals surface area contributed by atoms with Gasteiger partial charge in [-0.25, -0.2) is 0 Å². The van der Waals surface area contributed by atoms with Gasteiger partial charge in [-0.1, -0.05) is 48.5 Å². The van der Waals surface area contributed by atoms with Crippen LogP contribution >= 0.6 is 0 Å². The molecule has 2 aromatic rings. The van der Waals surface area contributed by atoms with E-state index < -0.39 is 0 Å². The van der Waals surface area contributed by atoms with Crippen molar-refractivity contribution in [3.05, 3.63) is 65.7 Å². The first-order valence-electron chi connectivity index (χ1n) is 9.99. The second-order valence-corrected chi connectivity index (χ2v) is 7.14. The predicted octanol–water partition coefficient (Wildman–Crippen LogP) is 3.35. The summed E-state index contributed by atoms with van der Waals surface area (Å²) in [5.41, 5.74) is 2.44. The maximum absolute atomic E-state index is 5.93. The van der Waals surface area contributed by atoms with Crippen LogP contribution in [0.15, 0.2) is 59.6 Å². The van der Waals surface area contributed by atoms with Gasteiger partial charge in [0.25, 0.3) is 0 Å². The predicted molar refractivity (Wildman–Crippen MR) is 114 cm³/mol. The van der Waals surface area contributed by atoms with Crippen LogP contribution in [0.3, 0.4) is 0 Å². The third-order valence-corrected chi connectivity index (χ3v) is 5.13. The molecule has 2 aromatic carbocycles. The lowest BCUT2D eigenvalue weighted by atomic mass is 10.1. The van der Waals surface area contributed by atoms with E-state index in [4.69, 9.17) is 9.47 Å². The van der Waals surface area contributed by atoms with E-state index in [-0.39, 0.29) is 0 Å². The highest BCUT2D eigenvalue weighted by atomic mass is 16.5. The molecule has 1 fully saturated rings. The van der Waals surface area contributed by atoms with Gasteiger partial charge in [-0.3, -0.25) is 4.99 Å². The lowest BCUT2D eigenvalue weighted by molar-refractivity contribution is 0.0907. The average molecular weight is 382 g/mol. The molecule has 1 aliphatic rings. The number of hydrogen-bond donors (Lipinski definition) is 1. The van der Waals surface area contributed by atoms with E-state index >= 15 is 0 Å². The molecule has 1 saturated heterocycles. The topological polar surface area (TPSA) is 46.1 Å². The number of rotatable bonds is 8. The zero-order valence-corrected chi connectivity index (χ0v) is 16.9. The number of aliphatic imine (C=N–C) groups is 1. The fourth-order valence-electron chi connectivity index (χ4n) is 3.63. The van der Waals surface area contributed by atoms with Crippen molar-refractivity contribution in [1.82, 2.24) is 10.2 Å². The Labute approximate surface area is 168 Å². The fourth-order valence-corrected chi connectivity index (χ4v) is 3.63. The minimum Gasteiger partial charge on any atom is -0.496 e. The zero-order chi connectivity index (χ0) is 19.6. The van der Waals surface area contributed by atoms with Gasteiger partial charge in [-0.2, -0.15) is 0 Å².